The summed E-state index contributed by atoms with van der Waals surface area (Å²) in [6.45, 7) is 1.88. The highest BCUT2D eigenvalue weighted by Crippen LogP contribution is 2.26. The van der Waals surface area contributed by atoms with Crippen LogP contribution in [-0.4, -0.2) is 38.0 Å². The van der Waals surface area contributed by atoms with Crippen molar-refractivity contribution in [2.75, 3.05) is 26.8 Å². The molecule has 1 aliphatic rings. The number of rotatable bonds is 9. The molecule has 0 heterocycles. The highest BCUT2D eigenvalue weighted by atomic mass is 16.5. The lowest BCUT2D eigenvalue weighted by Crippen LogP contribution is -2.32. The largest absolute Gasteiger partial charge is 0.497 e. The van der Waals surface area contributed by atoms with Crippen LogP contribution < -0.4 is 14.8 Å². The van der Waals surface area contributed by atoms with Crippen molar-refractivity contribution >= 4 is 0 Å². The molecule has 0 bridgehead atoms. The van der Waals surface area contributed by atoms with Gasteiger partial charge in [0.05, 0.1) is 7.11 Å². The molecule has 0 amide bonds. The lowest BCUT2D eigenvalue weighted by molar-refractivity contribution is 0.106. The van der Waals surface area contributed by atoms with Gasteiger partial charge in [0.1, 0.15) is 24.2 Å². The summed E-state index contributed by atoms with van der Waals surface area (Å²) < 4.78 is 10.6. The third kappa shape index (κ3) is 5.94. The molecule has 0 aliphatic heterocycles. The molecule has 4 nitrogen and oxygen atoms in total. The standard InChI is InChI=1S/C17H27NO3/c1-20-16-6-8-17(9-7-16)21-13-15(19)12-18-11-10-14-4-2-3-5-14/h6-9,14-15,18-19H,2-5,10-13H2,1H3. The molecule has 118 valence electrons. The molecule has 1 fully saturated rings. The topological polar surface area (TPSA) is 50.7 Å². The second-order valence-corrected chi connectivity index (χ2v) is 5.78. The van der Waals surface area contributed by atoms with E-state index in [-0.39, 0.29) is 0 Å². The number of nitrogens with one attached hydrogen (secondary N) is 1. The maximum Gasteiger partial charge on any atom is 0.119 e. The Labute approximate surface area is 127 Å². The van der Waals surface area contributed by atoms with Crippen molar-refractivity contribution in [3.05, 3.63) is 24.3 Å². The molecule has 2 N–H and O–H groups in total. The van der Waals surface area contributed by atoms with Gasteiger partial charge in [-0.15, -0.1) is 0 Å². The SMILES string of the molecule is COc1ccc(OCC(O)CNCCC2CCCC2)cc1. The van der Waals surface area contributed by atoms with Crippen LogP contribution in [0.2, 0.25) is 0 Å². The minimum atomic E-state index is -0.476. The van der Waals surface area contributed by atoms with Gasteiger partial charge in [-0.05, 0) is 43.1 Å². The molecule has 1 aromatic rings. The van der Waals surface area contributed by atoms with Crippen LogP contribution in [-0.2, 0) is 0 Å². The highest BCUT2D eigenvalue weighted by Gasteiger charge is 2.14. The molecule has 0 aromatic heterocycles. The summed E-state index contributed by atoms with van der Waals surface area (Å²) in [5, 5.41) is 13.2. The van der Waals surface area contributed by atoms with Crippen LogP contribution in [0.5, 0.6) is 11.5 Å². The first-order chi connectivity index (χ1) is 10.3. The summed E-state index contributed by atoms with van der Waals surface area (Å²) in [7, 11) is 1.64. The molecular weight excluding hydrogens is 266 g/mol. The molecule has 1 aromatic carbocycles. The first kappa shape index (κ1) is 16.1. The van der Waals surface area contributed by atoms with Crippen molar-refractivity contribution in [2.24, 2.45) is 5.92 Å². The maximum absolute atomic E-state index is 9.89. The molecule has 0 radical (unpaired) electrons. The number of hydrogen-bond donors (Lipinski definition) is 2. The van der Waals surface area contributed by atoms with Crippen molar-refractivity contribution in [1.29, 1.82) is 0 Å². The minimum Gasteiger partial charge on any atom is -0.497 e. The van der Waals surface area contributed by atoms with E-state index in [0.717, 1.165) is 24.0 Å². The van der Waals surface area contributed by atoms with Gasteiger partial charge in [0, 0.05) is 6.54 Å². The maximum atomic E-state index is 9.89. The zero-order valence-electron chi connectivity index (χ0n) is 12.9. The van der Waals surface area contributed by atoms with E-state index in [4.69, 9.17) is 9.47 Å². The summed E-state index contributed by atoms with van der Waals surface area (Å²) >= 11 is 0. The lowest BCUT2D eigenvalue weighted by Gasteiger charge is -2.14. The van der Waals surface area contributed by atoms with Crippen molar-refractivity contribution < 1.29 is 14.6 Å². The smallest absolute Gasteiger partial charge is 0.119 e. The number of methoxy groups -OCH3 is 1. The Kier molecular flexibility index (Phi) is 6.83. The summed E-state index contributed by atoms with van der Waals surface area (Å²) in [5.41, 5.74) is 0. The van der Waals surface area contributed by atoms with Gasteiger partial charge >= 0.3 is 0 Å². The second kappa shape index (κ2) is 8.90. The Balaban J connectivity index is 1.54. The number of ether oxygens (including phenoxy) is 2. The molecule has 21 heavy (non-hydrogen) atoms. The first-order valence-corrected chi connectivity index (χ1v) is 7.93. The third-order valence-electron chi connectivity index (χ3n) is 4.09. The minimum absolute atomic E-state index is 0.308. The van der Waals surface area contributed by atoms with E-state index in [2.05, 4.69) is 5.32 Å². The van der Waals surface area contributed by atoms with E-state index < -0.39 is 6.10 Å². The number of aliphatic hydroxyl groups excluding tert-OH is 1. The van der Waals surface area contributed by atoms with Crippen LogP contribution in [0.1, 0.15) is 32.1 Å². The molecule has 1 unspecified atom stereocenters. The van der Waals surface area contributed by atoms with E-state index >= 15 is 0 Å². The Hall–Kier alpha value is -1.26. The van der Waals surface area contributed by atoms with Crippen LogP contribution in [0.4, 0.5) is 0 Å². The Morgan fingerprint density at radius 1 is 1.19 bits per heavy atom. The Morgan fingerprint density at radius 3 is 2.52 bits per heavy atom. The molecule has 0 saturated heterocycles. The van der Waals surface area contributed by atoms with E-state index in [1.165, 1.54) is 32.1 Å². The predicted octanol–water partition coefficient (Wildman–Crippen LogP) is 2.60. The van der Waals surface area contributed by atoms with Crippen LogP contribution >= 0.6 is 0 Å². The Morgan fingerprint density at radius 2 is 1.86 bits per heavy atom. The van der Waals surface area contributed by atoms with Gasteiger partial charge in [0.15, 0.2) is 0 Å². The number of aliphatic hydroxyl groups is 1. The molecular formula is C17H27NO3. The third-order valence-corrected chi connectivity index (χ3v) is 4.09. The van der Waals surface area contributed by atoms with Crippen molar-refractivity contribution in [2.45, 2.75) is 38.2 Å². The van der Waals surface area contributed by atoms with E-state index in [1.807, 2.05) is 24.3 Å². The van der Waals surface area contributed by atoms with Gasteiger partial charge < -0.3 is 19.9 Å². The fourth-order valence-electron chi connectivity index (χ4n) is 2.80. The summed E-state index contributed by atoms with van der Waals surface area (Å²) in [5.74, 6) is 2.45. The summed E-state index contributed by atoms with van der Waals surface area (Å²) in [4.78, 5) is 0. The monoisotopic (exact) mass is 293 g/mol. The molecule has 1 aliphatic carbocycles. The van der Waals surface area contributed by atoms with Crippen LogP contribution in [0, 0.1) is 5.92 Å². The van der Waals surface area contributed by atoms with Crippen molar-refractivity contribution in [1.82, 2.24) is 5.32 Å². The first-order valence-electron chi connectivity index (χ1n) is 7.93. The fourth-order valence-corrected chi connectivity index (χ4v) is 2.80. The van der Waals surface area contributed by atoms with Gasteiger partial charge in [-0.1, -0.05) is 25.7 Å². The van der Waals surface area contributed by atoms with E-state index in [1.54, 1.807) is 7.11 Å². The zero-order chi connectivity index (χ0) is 14.9. The van der Waals surface area contributed by atoms with Crippen LogP contribution in [0.25, 0.3) is 0 Å². The second-order valence-electron chi connectivity index (χ2n) is 5.78. The molecule has 0 spiro atoms. The molecule has 1 saturated carbocycles. The van der Waals surface area contributed by atoms with Gasteiger partial charge in [-0.3, -0.25) is 0 Å². The fraction of sp³-hybridized carbons (Fsp3) is 0.647. The highest BCUT2D eigenvalue weighted by molar-refractivity contribution is 5.31. The van der Waals surface area contributed by atoms with Crippen LogP contribution in [0.15, 0.2) is 24.3 Å². The summed E-state index contributed by atoms with van der Waals surface area (Å²) in [6, 6.07) is 7.39. The van der Waals surface area contributed by atoms with Crippen molar-refractivity contribution in [3.63, 3.8) is 0 Å². The predicted molar refractivity (Wildman–Crippen MR) is 83.9 cm³/mol. The number of hydrogen-bond acceptors (Lipinski definition) is 4. The van der Waals surface area contributed by atoms with Gasteiger partial charge in [0.25, 0.3) is 0 Å². The molecule has 4 heteroatoms. The molecule has 2 rings (SSSR count). The van der Waals surface area contributed by atoms with Gasteiger partial charge in [-0.2, -0.15) is 0 Å². The average molecular weight is 293 g/mol. The average Bonchev–Trinajstić information content (AvgIpc) is 3.03. The Bertz CT molecular complexity index is 388. The normalized spacial score (nSPS) is 16.9. The van der Waals surface area contributed by atoms with Gasteiger partial charge in [-0.25, -0.2) is 0 Å². The van der Waals surface area contributed by atoms with E-state index in [9.17, 15) is 5.11 Å². The lowest BCUT2D eigenvalue weighted by atomic mass is 10.0. The number of benzene rings is 1. The summed E-state index contributed by atoms with van der Waals surface area (Å²) in [6.07, 6.45) is 6.30. The van der Waals surface area contributed by atoms with E-state index in [0.29, 0.717) is 13.2 Å². The quantitative estimate of drug-likeness (QED) is 0.687. The zero-order valence-corrected chi connectivity index (χ0v) is 12.9. The van der Waals surface area contributed by atoms with Gasteiger partial charge in [0.2, 0.25) is 0 Å². The molecule has 1 atom stereocenters. The van der Waals surface area contributed by atoms with Crippen molar-refractivity contribution in [3.8, 4) is 11.5 Å². The van der Waals surface area contributed by atoms with Crippen LogP contribution in [0.3, 0.4) is 0 Å².